The van der Waals surface area contributed by atoms with Crippen molar-refractivity contribution >= 4 is 27.7 Å². The molecule has 11 nitrogen and oxygen atoms in total. The summed E-state index contributed by atoms with van der Waals surface area (Å²) in [6, 6.07) is 17.7. The number of carbonyl (C=O) groups excluding carboxylic acids is 3. The van der Waals surface area contributed by atoms with Crippen LogP contribution < -0.4 is 27.4 Å². The maximum Gasteiger partial charge on any atom is 0.242 e. The van der Waals surface area contributed by atoms with Gasteiger partial charge in [0.25, 0.3) is 0 Å². The second kappa shape index (κ2) is 19.1. The average molecular weight is 617 g/mol. The summed E-state index contributed by atoms with van der Waals surface area (Å²) in [6.45, 7) is 2.94. The van der Waals surface area contributed by atoms with Crippen molar-refractivity contribution in [3.05, 3.63) is 71.8 Å². The molecule has 0 saturated carbocycles. The van der Waals surface area contributed by atoms with Crippen LogP contribution in [0.4, 0.5) is 0 Å². The van der Waals surface area contributed by atoms with Crippen LogP contribution in [0, 0.1) is 0 Å². The molecule has 2 rings (SSSR count). The molecule has 0 aliphatic carbocycles. The van der Waals surface area contributed by atoms with Crippen molar-refractivity contribution in [2.75, 3.05) is 31.9 Å². The fourth-order valence-corrected chi connectivity index (χ4v) is 6.03. The van der Waals surface area contributed by atoms with Gasteiger partial charge >= 0.3 is 0 Å². The Kier molecular flexibility index (Phi) is 15.9. The molecule has 43 heavy (non-hydrogen) atoms. The van der Waals surface area contributed by atoms with Crippen LogP contribution in [0.15, 0.2) is 60.7 Å². The second-order valence-corrected chi connectivity index (χ2v) is 12.9. The number of nitrogens with one attached hydrogen (secondary N) is 3. The Balaban J connectivity index is 2.13. The normalized spacial score (nSPS) is 13.6. The monoisotopic (exact) mass is 616 g/mol. The minimum absolute atomic E-state index is 0.130. The van der Waals surface area contributed by atoms with Crippen molar-refractivity contribution in [2.24, 2.45) is 11.5 Å². The smallest absolute Gasteiger partial charge is 0.242 e. The highest BCUT2D eigenvalue weighted by Crippen LogP contribution is 2.10. The number of rotatable bonds is 20. The zero-order chi connectivity index (χ0) is 31.7. The lowest BCUT2D eigenvalue weighted by Crippen LogP contribution is -2.54. The summed E-state index contributed by atoms with van der Waals surface area (Å²) in [4.78, 5) is 38.5. The first-order chi connectivity index (χ1) is 20.5. The number of nitrogens with zero attached hydrogens (tertiary/aromatic N) is 1. The van der Waals surface area contributed by atoms with E-state index in [1.807, 2.05) is 67.6 Å². The van der Waals surface area contributed by atoms with Gasteiger partial charge in [-0.25, -0.2) is 8.42 Å². The number of carbonyl (C=O) groups is 3. The number of sulfonamides is 1. The number of benzene rings is 2. The first-order valence-electron chi connectivity index (χ1n) is 14.9. The predicted octanol–water partition coefficient (Wildman–Crippen LogP) is 1.08. The van der Waals surface area contributed by atoms with Crippen LogP contribution in [0.5, 0.6) is 0 Å². The number of unbranched alkanes of at least 4 members (excludes halogenated alkanes) is 1. The Morgan fingerprint density at radius 3 is 2.05 bits per heavy atom. The summed E-state index contributed by atoms with van der Waals surface area (Å²) in [7, 11) is -3.94. The molecular formula is C31H48N6O5S. The molecule has 2 aromatic rings. The van der Waals surface area contributed by atoms with E-state index >= 15 is 0 Å². The summed E-state index contributed by atoms with van der Waals surface area (Å²) in [6.07, 6.45) is 3.53. The van der Waals surface area contributed by atoms with Crippen molar-refractivity contribution in [1.29, 1.82) is 0 Å². The molecule has 0 unspecified atom stereocenters. The zero-order valence-corrected chi connectivity index (χ0v) is 26.2. The third-order valence-corrected chi connectivity index (χ3v) is 8.76. The largest absolute Gasteiger partial charge is 0.352 e. The molecule has 0 aliphatic heterocycles. The molecule has 3 atom stereocenters. The fraction of sp³-hybridized carbons (Fsp3) is 0.516. The third-order valence-electron chi connectivity index (χ3n) is 6.94. The summed E-state index contributed by atoms with van der Waals surface area (Å²) >= 11 is 0. The van der Waals surface area contributed by atoms with Gasteiger partial charge in [-0.1, -0.05) is 60.7 Å². The average Bonchev–Trinajstić information content (AvgIpc) is 2.96. The van der Waals surface area contributed by atoms with Crippen molar-refractivity contribution in [1.82, 2.24) is 20.3 Å². The van der Waals surface area contributed by atoms with E-state index < -0.39 is 34.6 Å². The highest BCUT2D eigenvalue weighted by atomic mass is 32.2. The zero-order valence-electron chi connectivity index (χ0n) is 25.3. The van der Waals surface area contributed by atoms with Crippen LogP contribution >= 0.6 is 0 Å². The number of amides is 3. The van der Waals surface area contributed by atoms with Crippen LogP contribution in [0.25, 0.3) is 0 Å². The maximum absolute atomic E-state index is 13.3. The van der Waals surface area contributed by atoms with Crippen molar-refractivity contribution in [3.63, 3.8) is 0 Å². The van der Waals surface area contributed by atoms with Gasteiger partial charge in [-0.15, -0.1) is 0 Å². The van der Waals surface area contributed by atoms with Gasteiger partial charge in [-0.2, -0.15) is 4.31 Å². The highest BCUT2D eigenvalue weighted by Gasteiger charge is 2.29. The van der Waals surface area contributed by atoms with Crippen LogP contribution in [0.3, 0.4) is 0 Å². The molecule has 2 aromatic carbocycles. The number of hydrogen-bond donors (Lipinski definition) is 5. The van der Waals surface area contributed by atoms with E-state index in [9.17, 15) is 22.8 Å². The third kappa shape index (κ3) is 14.1. The molecular weight excluding hydrogens is 568 g/mol. The number of nitrogens with two attached hydrogens (primary N) is 2. The standard InChI is InChI=1S/C31H48N6O5S/c1-24(16-17-26-11-5-3-6-12-26)34-31(40)29(15-9-10-18-32)36-30(39)23-37(43(41,42)20-19-33)22-28(35-25(2)38)21-27-13-7-4-8-14-27/h3-8,11-14,24,28-29H,9-10,15-23,32-33H2,1-2H3,(H,34,40)(H,35,38)(H,36,39)/t24-,28+,29+/m1/s1. The molecule has 0 aromatic heterocycles. The lowest BCUT2D eigenvalue weighted by atomic mass is 10.0. The Morgan fingerprint density at radius 1 is 0.837 bits per heavy atom. The quantitative estimate of drug-likeness (QED) is 0.138. The second-order valence-electron chi connectivity index (χ2n) is 10.8. The first kappa shape index (κ1) is 35.9. The van der Waals surface area contributed by atoms with Crippen LogP contribution in [0.2, 0.25) is 0 Å². The Bertz CT molecular complexity index is 1230. The van der Waals surface area contributed by atoms with E-state index in [4.69, 9.17) is 11.5 Å². The van der Waals surface area contributed by atoms with E-state index in [1.54, 1.807) is 0 Å². The van der Waals surface area contributed by atoms with Gasteiger partial charge in [0.2, 0.25) is 27.7 Å². The van der Waals surface area contributed by atoms with Gasteiger partial charge in [-0.05, 0) is 63.1 Å². The minimum Gasteiger partial charge on any atom is -0.352 e. The predicted molar refractivity (Wildman–Crippen MR) is 169 cm³/mol. The molecule has 0 heterocycles. The van der Waals surface area contributed by atoms with E-state index in [0.29, 0.717) is 32.2 Å². The Labute approximate surface area is 256 Å². The Hall–Kier alpha value is -3.32. The van der Waals surface area contributed by atoms with Gasteiger partial charge in [0.15, 0.2) is 0 Å². The van der Waals surface area contributed by atoms with Gasteiger partial charge < -0.3 is 27.4 Å². The molecule has 12 heteroatoms. The molecule has 0 spiro atoms. The van der Waals surface area contributed by atoms with Gasteiger partial charge in [0.05, 0.1) is 12.3 Å². The fourth-order valence-electron chi connectivity index (χ4n) is 4.75. The van der Waals surface area contributed by atoms with E-state index in [0.717, 1.165) is 22.7 Å². The summed E-state index contributed by atoms with van der Waals surface area (Å²) in [5.74, 6) is -1.63. The summed E-state index contributed by atoms with van der Waals surface area (Å²) < 4.78 is 27.4. The van der Waals surface area contributed by atoms with Crippen molar-refractivity contribution in [3.8, 4) is 0 Å². The molecule has 0 aliphatic rings. The first-order valence-corrected chi connectivity index (χ1v) is 16.5. The van der Waals surface area contributed by atoms with Gasteiger partial charge in [0.1, 0.15) is 6.04 Å². The van der Waals surface area contributed by atoms with Crippen molar-refractivity contribution < 1.29 is 22.8 Å². The number of hydrogen-bond acceptors (Lipinski definition) is 7. The summed E-state index contributed by atoms with van der Waals surface area (Å²) in [5.41, 5.74) is 13.3. The van der Waals surface area contributed by atoms with Gasteiger partial charge in [0, 0.05) is 32.1 Å². The lowest BCUT2D eigenvalue weighted by Gasteiger charge is -2.28. The molecule has 7 N–H and O–H groups in total. The number of aryl methyl sites for hydroxylation is 1. The highest BCUT2D eigenvalue weighted by molar-refractivity contribution is 7.89. The van der Waals surface area contributed by atoms with Crippen LogP contribution in [0.1, 0.15) is 50.7 Å². The molecule has 3 amide bonds. The molecule has 0 saturated heterocycles. The van der Waals surface area contributed by atoms with Crippen LogP contribution in [-0.2, 0) is 37.2 Å². The van der Waals surface area contributed by atoms with E-state index in [-0.39, 0.29) is 36.7 Å². The summed E-state index contributed by atoms with van der Waals surface area (Å²) in [5, 5.41) is 8.53. The minimum atomic E-state index is -3.94. The Morgan fingerprint density at radius 2 is 1.47 bits per heavy atom. The lowest BCUT2D eigenvalue weighted by molar-refractivity contribution is -0.129. The van der Waals surface area contributed by atoms with Gasteiger partial charge in [-0.3, -0.25) is 14.4 Å². The van der Waals surface area contributed by atoms with E-state index in [2.05, 4.69) is 16.0 Å². The molecule has 238 valence electrons. The topological polar surface area (TPSA) is 177 Å². The van der Waals surface area contributed by atoms with Crippen LogP contribution in [-0.4, -0.2) is 80.5 Å². The van der Waals surface area contributed by atoms with Crippen molar-refractivity contribution in [2.45, 2.75) is 70.5 Å². The van der Waals surface area contributed by atoms with E-state index in [1.165, 1.54) is 12.5 Å². The SMILES string of the molecule is CC(=O)N[C@@H](Cc1ccccc1)CN(CC(=O)N[C@@H](CCCCN)C(=O)N[C@H](C)CCc1ccccc1)S(=O)(=O)CCN. The maximum atomic E-state index is 13.3. The molecule has 0 bridgehead atoms. The molecule has 0 radical (unpaired) electrons. The molecule has 0 fully saturated rings.